The second-order valence-corrected chi connectivity index (χ2v) is 12.2. The standard InChI is InChI=1S/C36H43N5O7/c1-22(42)28(37)12-7-13-30(36(47)48)39-33(44)31(19-23-8-3-2-4-9-23)40-34(45)32-20-25-10-5-6-11-26(25)21-41(32)35(46)29(38)18-24-14-16-27(43)17-15-24/h2-6,8-11,14-17,28-32,43H,7,12-13,18-21,37-38H2,1H3,(H,39,44)(H,40,45)(H,47,48)/t28?,29-,30+,31-,32-/m0/s1. The summed E-state index contributed by atoms with van der Waals surface area (Å²) in [4.78, 5) is 66.5. The number of carboxylic acids is 1. The quantitative estimate of drug-likeness (QED) is 0.140. The molecule has 1 heterocycles. The first-order valence-corrected chi connectivity index (χ1v) is 16.0. The molecule has 4 rings (SSSR count). The van der Waals surface area contributed by atoms with Crippen LogP contribution in [0.4, 0.5) is 0 Å². The molecule has 3 amide bonds. The van der Waals surface area contributed by atoms with Gasteiger partial charge >= 0.3 is 5.97 Å². The largest absolute Gasteiger partial charge is 0.508 e. The van der Waals surface area contributed by atoms with Crippen molar-refractivity contribution < 1.29 is 34.2 Å². The van der Waals surface area contributed by atoms with E-state index in [0.29, 0.717) is 0 Å². The maximum Gasteiger partial charge on any atom is 0.326 e. The number of aromatic hydroxyl groups is 1. The number of phenols is 1. The topological polar surface area (TPSA) is 205 Å². The molecule has 0 aliphatic carbocycles. The molecule has 12 nitrogen and oxygen atoms in total. The molecule has 254 valence electrons. The van der Waals surface area contributed by atoms with Gasteiger partial charge in [-0.25, -0.2) is 4.79 Å². The predicted molar refractivity (Wildman–Crippen MR) is 178 cm³/mol. The number of ketones is 1. The van der Waals surface area contributed by atoms with Gasteiger partial charge in [-0.2, -0.15) is 0 Å². The molecule has 0 spiro atoms. The Hall–Kier alpha value is -5.07. The Morgan fingerprint density at radius 1 is 0.792 bits per heavy atom. The van der Waals surface area contributed by atoms with Crippen LogP contribution in [0.15, 0.2) is 78.9 Å². The highest BCUT2D eigenvalue weighted by Crippen LogP contribution is 2.25. The van der Waals surface area contributed by atoms with Gasteiger partial charge in [-0.05, 0) is 67.0 Å². The first kappa shape index (κ1) is 35.8. The molecule has 1 aliphatic rings. The Kier molecular flexibility index (Phi) is 12.4. The third-order valence-corrected chi connectivity index (χ3v) is 8.60. The summed E-state index contributed by atoms with van der Waals surface area (Å²) in [7, 11) is 0. The molecule has 0 saturated carbocycles. The van der Waals surface area contributed by atoms with E-state index in [9.17, 15) is 34.2 Å². The second-order valence-electron chi connectivity index (χ2n) is 12.2. The highest BCUT2D eigenvalue weighted by Gasteiger charge is 2.38. The highest BCUT2D eigenvalue weighted by molar-refractivity contribution is 5.94. The normalized spacial score (nSPS) is 16.5. The third kappa shape index (κ3) is 9.72. The van der Waals surface area contributed by atoms with Crippen molar-refractivity contribution >= 4 is 29.5 Å². The molecule has 0 fully saturated rings. The van der Waals surface area contributed by atoms with Gasteiger partial charge in [0, 0.05) is 19.4 Å². The molecule has 0 aromatic heterocycles. The second kappa shape index (κ2) is 16.7. The Bertz CT molecular complexity index is 1600. The van der Waals surface area contributed by atoms with E-state index < -0.39 is 53.9 Å². The molecular formula is C36H43N5O7. The molecule has 1 unspecified atom stereocenters. The Morgan fingerprint density at radius 3 is 2.06 bits per heavy atom. The first-order chi connectivity index (χ1) is 22.9. The molecule has 0 radical (unpaired) electrons. The molecule has 1 aliphatic heterocycles. The van der Waals surface area contributed by atoms with E-state index in [1.165, 1.54) is 24.0 Å². The van der Waals surface area contributed by atoms with Crippen molar-refractivity contribution in [1.29, 1.82) is 0 Å². The lowest BCUT2D eigenvalue weighted by Gasteiger charge is -2.38. The van der Waals surface area contributed by atoms with Crippen molar-refractivity contribution in [2.45, 2.75) is 82.2 Å². The molecule has 0 saturated heterocycles. The van der Waals surface area contributed by atoms with E-state index in [1.54, 1.807) is 36.4 Å². The van der Waals surface area contributed by atoms with E-state index in [-0.39, 0.29) is 56.6 Å². The fourth-order valence-corrected chi connectivity index (χ4v) is 5.78. The maximum atomic E-state index is 14.1. The fraction of sp³-hybridized carbons (Fsp3) is 0.361. The van der Waals surface area contributed by atoms with E-state index in [2.05, 4.69) is 10.6 Å². The van der Waals surface area contributed by atoms with Gasteiger partial charge in [-0.15, -0.1) is 0 Å². The number of aliphatic carboxylic acids is 1. The number of carbonyl (C=O) groups excluding carboxylic acids is 4. The summed E-state index contributed by atoms with van der Waals surface area (Å²) in [6.45, 7) is 1.50. The van der Waals surface area contributed by atoms with E-state index >= 15 is 0 Å². The van der Waals surface area contributed by atoms with Gasteiger partial charge in [0.25, 0.3) is 0 Å². The molecule has 3 aromatic carbocycles. The van der Waals surface area contributed by atoms with E-state index in [1.807, 2.05) is 30.3 Å². The number of nitrogens with zero attached hydrogens (tertiary/aromatic N) is 1. The lowest BCUT2D eigenvalue weighted by molar-refractivity contribution is -0.144. The van der Waals surface area contributed by atoms with Gasteiger partial charge in [0.2, 0.25) is 17.7 Å². The summed E-state index contributed by atoms with van der Waals surface area (Å²) in [6.07, 6.45) is 1.02. The van der Waals surface area contributed by atoms with Gasteiger partial charge in [0.1, 0.15) is 29.7 Å². The predicted octanol–water partition coefficient (Wildman–Crippen LogP) is 1.60. The van der Waals surface area contributed by atoms with Gasteiger partial charge in [0.05, 0.1) is 12.1 Å². The number of hydrogen-bond donors (Lipinski definition) is 6. The van der Waals surface area contributed by atoms with Crippen molar-refractivity contribution in [3.05, 3.63) is 101 Å². The number of benzene rings is 3. The van der Waals surface area contributed by atoms with Gasteiger partial charge in [0.15, 0.2) is 0 Å². The molecule has 5 atom stereocenters. The molecular weight excluding hydrogens is 614 g/mol. The zero-order valence-electron chi connectivity index (χ0n) is 26.9. The first-order valence-electron chi connectivity index (χ1n) is 16.0. The van der Waals surface area contributed by atoms with Crippen LogP contribution in [-0.2, 0) is 49.8 Å². The minimum Gasteiger partial charge on any atom is -0.508 e. The van der Waals surface area contributed by atoms with Crippen LogP contribution in [-0.4, -0.2) is 74.8 Å². The number of nitrogens with two attached hydrogens (primary N) is 2. The van der Waals surface area contributed by atoms with Gasteiger partial charge in [-0.1, -0.05) is 66.7 Å². The smallest absolute Gasteiger partial charge is 0.326 e. The highest BCUT2D eigenvalue weighted by atomic mass is 16.4. The van der Waals surface area contributed by atoms with Gasteiger partial charge in [-0.3, -0.25) is 19.2 Å². The summed E-state index contributed by atoms with van der Waals surface area (Å²) >= 11 is 0. The molecule has 0 bridgehead atoms. The van der Waals surface area contributed by atoms with Crippen LogP contribution >= 0.6 is 0 Å². The number of phenolic OH excluding ortho intramolecular Hbond substituents is 1. The summed E-state index contributed by atoms with van der Waals surface area (Å²) < 4.78 is 0. The molecule has 3 aromatic rings. The number of Topliss-reactive ketones (excluding diaryl/α,β-unsaturated/α-hetero) is 1. The summed E-state index contributed by atoms with van der Waals surface area (Å²) in [6, 6.07) is 17.7. The van der Waals surface area contributed by atoms with Crippen molar-refractivity contribution in [3.63, 3.8) is 0 Å². The van der Waals surface area contributed by atoms with Crippen molar-refractivity contribution in [3.8, 4) is 5.75 Å². The van der Waals surface area contributed by atoms with Crippen LogP contribution in [0.25, 0.3) is 0 Å². The summed E-state index contributed by atoms with van der Waals surface area (Å²) in [5.41, 5.74) is 15.4. The lowest BCUT2D eigenvalue weighted by atomic mass is 9.92. The Morgan fingerprint density at radius 2 is 1.42 bits per heavy atom. The number of carboxylic acid groups (broad SMARTS) is 1. The third-order valence-electron chi connectivity index (χ3n) is 8.60. The summed E-state index contributed by atoms with van der Waals surface area (Å²) in [5.74, 6) is -3.11. The van der Waals surface area contributed by atoms with Crippen LogP contribution in [0.2, 0.25) is 0 Å². The van der Waals surface area contributed by atoms with Gasteiger partial charge < -0.3 is 37.2 Å². The number of fused-ring (bicyclic) bond motifs is 1. The van der Waals surface area contributed by atoms with Crippen LogP contribution in [0.1, 0.15) is 48.4 Å². The number of carbonyl (C=O) groups is 5. The zero-order chi connectivity index (χ0) is 34.8. The maximum absolute atomic E-state index is 14.1. The molecule has 12 heteroatoms. The van der Waals surface area contributed by atoms with E-state index in [0.717, 1.165) is 22.3 Å². The SMILES string of the molecule is CC(=O)C(N)CCC[C@@H](NC(=O)[C@H](Cc1ccccc1)NC(=O)[C@@H]1Cc2ccccc2CN1C(=O)[C@@H](N)Cc1ccc(O)cc1)C(=O)O. The fourth-order valence-electron chi connectivity index (χ4n) is 5.78. The summed E-state index contributed by atoms with van der Waals surface area (Å²) in [5, 5.41) is 24.8. The van der Waals surface area contributed by atoms with Crippen LogP contribution in [0.3, 0.4) is 0 Å². The van der Waals surface area contributed by atoms with Crippen molar-refractivity contribution in [2.75, 3.05) is 0 Å². The van der Waals surface area contributed by atoms with Crippen LogP contribution in [0.5, 0.6) is 5.75 Å². The molecule has 8 N–H and O–H groups in total. The average Bonchev–Trinajstić information content (AvgIpc) is 3.07. The number of rotatable bonds is 15. The number of nitrogens with one attached hydrogen (secondary N) is 2. The van der Waals surface area contributed by atoms with Crippen LogP contribution in [0, 0.1) is 0 Å². The average molecular weight is 658 g/mol. The van der Waals surface area contributed by atoms with Crippen molar-refractivity contribution in [2.24, 2.45) is 11.5 Å². The zero-order valence-corrected chi connectivity index (χ0v) is 26.9. The molecule has 48 heavy (non-hydrogen) atoms. The van der Waals surface area contributed by atoms with Crippen molar-refractivity contribution in [1.82, 2.24) is 15.5 Å². The minimum absolute atomic E-state index is 0.0364. The Labute approximate surface area is 279 Å². The Balaban J connectivity index is 1.55. The van der Waals surface area contributed by atoms with Crippen LogP contribution < -0.4 is 22.1 Å². The lowest BCUT2D eigenvalue weighted by Crippen LogP contribution is -2.60. The monoisotopic (exact) mass is 657 g/mol. The number of amides is 3. The van der Waals surface area contributed by atoms with E-state index in [4.69, 9.17) is 11.5 Å². The minimum atomic E-state index is -1.27. The number of hydrogen-bond acceptors (Lipinski definition) is 8.